The summed E-state index contributed by atoms with van der Waals surface area (Å²) in [6, 6.07) is 0. The zero-order chi connectivity index (χ0) is 36.6. The van der Waals surface area contributed by atoms with E-state index >= 15 is 0 Å². The smallest absolute Gasteiger partial charge is 0.472 e. The molecule has 0 fully saturated rings. The van der Waals surface area contributed by atoms with Crippen molar-refractivity contribution in [3.63, 3.8) is 0 Å². The Morgan fingerprint density at radius 2 is 1.14 bits per heavy atom. The predicted octanol–water partition coefficient (Wildman–Crippen LogP) is 12.0. The highest BCUT2D eigenvalue weighted by Gasteiger charge is 2.25. The van der Waals surface area contributed by atoms with Crippen LogP contribution in [0.15, 0.2) is 48.8 Å². The summed E-state index contributed by atoms with van der Waals surface area (Å²) >= 11 is 0. The van der Waals surface area contributed by atoms with Crippen LogP contribution in [-0.4, -0.2) is 43.3 Å². The van der Waals surface area contributed by atoms with Crippen LogP contribution in [0.25, 0.3) is 0 Å². The number of hydrogen-bond acceptors (Lipinski definition) is 7. The number of rotatable bonds is 38. The van der Waals surface area contributed by atoms with E-state index in [4.69, 9.17) is 24.3 Å². The minimum absolute atomic E-state index is 0.0249. The van der Waals surface area contributed by atoms with Gasteiger partial charge >= 0.3 is 13.8 Å². The third kappa shape index (κ3) is 37.6. The van der Waals surface area contributed by atoms with Gasteiger partial charge in [-0.25, -0.2) is 4.57 Å². The maximum Gasteiger partial charge on any atom is 0.472 e. The zero-order valence-corrected chi connectivity index (χ0v) is 33.0. The predicted molar refractivity (Wildman–Crippen MR) is 210 cm³/mol. The van der Waals surface area contributed by atoms with Crippen LogP contribution in [0.1, 0.15) is 174 Å². The van der Waals surface area contributed by atoms with Gasteiger partial charge in [0.15, 0.2) is 6.10 Å². The van der Waals surface area contributed by atoms with E-state index in [0.717, 1.165) is 70.6 Å². The first-order valence-corrected chi connectivity index (χ1v) is 21.7. The molecule has 0 aromatic rings. The van der Waals surface area contributed by atoms with Crippen LogP contribution in [0.4, 0.5) is 0 Å². The Labute approximate surface area is 307 Å². The lowest BCUT2D eigenvalue weighted by Crippen LogP contribution is -2.27. The molecular formula is C41H76NO7P. The summed E-state index contributed by atoms with van der Waals surface area (Å²) in [6.07, 6.45) is 45.0. The number of ether oxygens (including phenoxy) is 2. The Morgan fingerprint density at radius 3 is 1.70 bits per heavy atom. The van der Waals surface area contributed by atoms with Crippen molar-refractivity contribution in [1.82, 2.24) is 0 Å². The normalized spacial score (nSPS) is 14.0. The summed E-state index contributed by atoms with van der Waals surface area (Å²) in [5, 5.41) is 0. The molecule has 0 radical (unpaired) electrons. The number of hydrogen-bond donors (Lipinski definition) is 2. The molecule has 0 aliphatic rings. The van der Waals surface area contributed by atoms with Crippen molar-refractivity contribution in [2.24, 2.45) is 5.73 Å². The van der Waals surface area contributed by atoms with Gasteiger partial charge in [-0.05, 0) is 57.4 Å². The molecule has 2 unspecified atom stereocenters. The van der Waals surface area contributed by atoms with E-state index in [0.29, 0.717) is 0 Å². The van der Waals surface area contributed by atoms with Gasteiger partial charge < -0.3 is 20.1 Å². The number of esters is 1. The second-order valence-electron chi connectivity index (χ2n) is 13.2. The van der Waals surface area contributed by atoms with E-state index in [9.17, 15) is 14.3 Å². The van der Waals surface area contributed by atoms with Gasteiger partial charge in [0.2, 0.25) is 0 Å². The van der Waals surface area contributed by atoms with Crippen LogP contribution in [0.5, 0.6) is 0 Å². The molecule has 0 rings (SSSR count). The molecular weight excluding hydrogens is 649 g/mol. The number of unbranched alkanes of at least 4 members (excludes halogenated alkanes) is 19. The highest BCUT2D eigenvalue weighted by molar-refractivity contribution is 7.47. The molecule has 0 amide bonds. The first-order chi connectivity index (χ1) is 24.4. The van der Waals surface area contributed by atoms with Gasteiger partial charge in [-0.1, -0.05) is 153 Å². The van der Waals surface area contributed by atoms with Crippen molar-refractivity contribution in [1.29, 1.82) is 0 Å². The van der Waals surface area contributed by atoms with Crippen LogP contribution < -0.4 is 5.73 Å². The zero-order valence-electron chi connectivity index (χ0n) is 32.1. The fourth-order valence-electron chi connectivity index (χ4n) is 5.39. The van der Waals surface area contributed by atoms with Gasteiger partial charge in [-0.15, -0.1) is 0 Å². The summed E-state index contributed by atoms with van der Waals surface area (Å²) in [6.45, 7) is 4.11. The highest BCUT2D eigenvalue weighted by atomic mass is 31.2. The Morgan fingerprint density at radius 1 is 0.640 bits per heavy atom. The van der Waals surface area contributed by atoms with Crippen LogP contribution in [0.2, 0.25) is 0 Å². The van der Waals surface area contributed by atoms with Gasteiger partial charge in [0.1, 0.15) is 6.61 Å². The number of phosphoric acid groups is 1. The molecule has 0 aliphatic carbocycles. The quantitative estimate of drug-likeness (QED) is 0.0212. The summed E-state index contributed by atoms with van der Waals surface area (Å²) in [5.74, 6) is -0.370. The van der Waals surface area contributed by atoms with Crippen LogP contribution in [-0.2, 0) is 27.9 Å². The third-order valence-electron chi connectivity index (χ3n) is 8.32. The number of carbonyl (C=O) groups is 1. The summed E-state index contributed by atoms with van der Waals surface area (Å²) in [7, 11) is -4.29. The molecule has 0 aromatic carbocycles. The lowest BCUT2D eigenvalue weighted by atomic mass is 10.0. The summed E-state index contributed by atoms with van der Waals surface area (Å²) < 4.78 is 33.1. The molecule has 0 aliphatic heterocycles. The largest absolute Gasteiger partial charge is 0.498 e. The molecule has 292 valence electrons. The van der Waals surface area contributed by atoms with E-state index < -0.39 is 13.9 Å². The Kier molecular flexibility index (Phi) is 37.2. The van der Waals surface area contributed by atoms with Gasteiger partial charge in [0.05, 0.1) is 19.5 Å². The van der Waals surface area contributed by atoms with Crippen molar-refractivity contribution >= 4 is 13.8 Å². The van der Waals surface area contributed by atoms with E-state index in [2.05, 4.69) is 50.3 Å². The molecule has 0 heterocycles. The van der Waals surface area contributed by atoms with Gasteiger partial charge in [-0.3, -0.25) is 13.8 Å². The number of phosphoric ester groups is 1. The number of nitrogens with two attached hydrogens (primary N) is 1. The molecule has 3 N–H and O–H groups in total. The van der Waals surface area contributed by atoms with Crippen LogP contribution >= 0.6 is 7.82 Å². The highest BCUT2D eigenvalue weighted by Crippen LogP contribution is 2.43. The lowest BCUT2D eigenvalue weighted by molar-refractivity contribution is -0.153. The Balaban J connectivity index is 4.14. The fourth-order valence-corrected chi connectivity index (χ4v) is 6.15. The van der Waals surface area contributed by atoms with E-state index in [-0.39, 0.29) is 38.8 Å². The SMILES string of the molecule is CCC=CCC=CCC=CCCCCCCCC(=O)OC(COC=CCCCCCCCCCCCCCCCC)COP(=O)(O)OCCN. The average molecular weight is 726 g/mol. The molecule has 0 saturated heterocycles. The van der Waals surface area contributed by atoms with Crippen molar-refractivity contribution in [3.05, 3.63) is 48.8 Å². The maximum atomic E-state index is 12.5. The minimum atomic E-state index is -4.29. The standard InChI is InChI=1S/C41H76NO7P/c1-3-5-7-9-11-13-15-17-19-21-23-25-27-29-31-33-36-46-38-40(39-48-50(44,45)47-37-35-42)49-41(43)34-32-30-28-26-24-22-20-18-16-14-12-10-8-6-4-2/h6,8,12,14,18,20,33,36,40H,3-5,7,9-11,13,15-17,19,21-32,34-35,37-39,42H2,1-2H3,(H,44,45). The first kappa shape index (κ1) is 48.3. The summed E-state index contributed by atoms with van der Waals surface area (Å²) in [5.41, 5.74) is 5.35. The second-order valence-corrected chi connectivity index (χ2v) is 14.6. The Hall–Kier alpha value is -1.70. The van der Waals surface area contributed by atoms with E-state index in [1.807, 2.05) is 6.08 Å². The average Bonchev–Trinajstić information content (AvgIpc) is 3.10. The minimum Gasteiger partial charge on any atom is -0.498 e. The summed E-state index contributed by atoms with van der Waals surface area (Å²) in [4.78, 5) is 22.4. The molecule has 0 spiro atoms. The molecule has 2 atom stereocenters. The molecule has 0 aromatic heterocycles. The maximum absolute atomic E-state index is 12.5. The number of allylic oxidation sites excluding steroid dienone is 7. The fraction of sp³-hybridized carbons (Fsp3) is 0.780. The molecule has 8 nitrogen and oxygen atoms in total. The molecule has 50 heavy (non-hydrogen) atoms. The van der Waals surface area contributed by atoms with Crippen molar-refractivity contribution < 1.29 is 32.8 Å². The van der Waals surface area contributed by atoms with Crippen molar-refractivity contribution in [2.75, 3.05) is 26.4 Å². The van der Waals surface area contributed by atoms with Crippen molar-refractivity contribution in [3.8, 4) is 0 Å². The monoisotopic (exact) mass is 726 g/mol. The van der Waals surface area contributed by atoms with Crippen LogP contribution in [0.3, 0.4) is 0 Å². The topological polar surface area (TPSA) is 117 Å². The van der Waals surface area contributed by atoms with Gasteiger partial charge in [0.25, 0.3) is 0 Å². The van der Waals surface area contributed by atoms with E-state index in [1.165, 1.54) is 83.5 Å². The molecule has 9 heteroatoms. The van der Waals surface area contributed by atoms with Gasteiger partial charge in [0, 0.05) is 13.0 Å². The molecule has 0 bridgehead atoms. The Bertz CT molecular complexity index is 905. The third-order valence-corrected chi connectivity index (χ3v) is 9.31. The second kappa shape index (κ2) is 38.5. The van der Waals surface area contributed by atoms with Gasteiger partial charge in [-0.2, -0.15) is 0 Å². The van der Waals surface area contributed by atoms with Crippen LogP contribution in [0, 0.1) is 0 Å². The lowest BCUT2D eigenvalue weighted by Gasteiger charge is -2.19. The number of carbonyl (C=O) groups excluding carboxylic acids is 1. The molecule has 0 saturated carbocycles. The van der Waals surface area contributed by atoms with Crippen molar-refractivity contribution in [2.45, 2.75) is 180 Å². The first-order valence-electron chi connectivity index (χ1n) is 20.2. The van der Waals surface area contributed by atoms with E-state index in [1.54, 1.807) is 6.26 Å².